The van der Waals surface area contributed by atoms with Gasteiger partial charge >= 0.3 is 0 Å². The van der Waals surface area contributed by atoms with E-state index in [2.05, 4.69) is 24.1 Å². The second kappa shape index (κ2) is 7.31. The van der Waals surface area contributed by atoms with Gasteiger partial charge in [-0.2, -0.15) is 0 Å². The smallest absolute Gasteiger partial charge is 0.248 e. The third kappa shape index (κ3) is 4.58. The summed E-state index contributed by atoms with van der Waals surface area (Å²) in [7, 11) is 0. The summed E-state index contributed by atoms with van der Waals surface area (Å²) in [5.41, 5.74) is 0. The summed E-state index contributed by atoms with van der Waals surface area (Å²) in [6, 6.07) is -0.0673. The lowest BCUT2D eigenvalue weighted by Crippen LogP contribution is -2.49. The van der Waals surface area contributed by atoms with Gasteiger partial charge in [0.2, 0.25) is 5.92 Å². The number of hydrogen-bond acceptors (Lipinski definition) is 4. The molecule has 3 atom stereocenters. The van der Waals surface area contributed by atoms with Gasteiger partial charge in [-0.05, 0) is 25.9 Å². The fourth-order valence-electron chi connectivity index (χ4n) is 3.24. The largest absolute Gasteiger partial charge is 0.389 e. The van der Waals surface area contributed by atoms with Crippen LogP contribution in [0.25, 0.3) is 0 Å². The lowest BCUT2D eigenvalue weighted by molar-refractivity contribution is -0.0422. The number of likely N-dealkylation sites (N-methyl/N-ethyl adjacent to an activating group) is 1. The van der Waals surface area contributed by atoms with Crippen molar-refractivity contribution in [2.24, 2.45) is 0 Å². The maximum absolute atomic E-state index is 13.1. The van der Waals surface area contributed by atoms with Crippen LogP contribution in [0.15, 0.2) is 0 Å². The Labute approximate surface area is 125 Å². The van der Waals surface area contributed by atoms with Crippen molar-refractivity contribution in [2.75, 3.05) is 26.2 Å². The standard InChI is InChI=1S/C15H28F2N2O2/c1-3-19(4-2)9-13-14(20)12(10-21-13)18-11-5-7-15(16,17)8-6-11/h11-14,18,20H,3-10H2,1-2H3/t12-,13+,14-/m1/s1. The first-order chi connectivity index (χ1) is 9.95. The minimum Gasteiger partial charge on any atom is -0.389 e. The van der Waals surface area contributed by atoms with E-state index in [0.717, 1.165) is 19.6 Å². The SMILES string of the molecule is CCN(CC)C[C@@H]1OC[C@@H](NC2CCC(F)(F)CC2)[C@H]1O. The summed E-state index contributed by atoms with van der Waals surface area (Å²) in [6.07, 6.45) is 0.0722. The Bertz CT molecular complexity index is 317. The Morgan fingerprint density at radius 3 is 2.43 bits per heavy atom. The van der Waals surface area contributed by atoms with Gasteiger partial charge in [-0.15, -0.1) is 0 Å². The predicted molar refractivity (Wildman–Crippen MR) is 77.7 cm³/mol. The molecule has 0 bridgehead atoms. The molecule has 6 heteroatoms. The molecule has 2 rings (SSSR count). The molecule has 0 aromatic heterocycles. The highest BCUT2D eigenvalue weighted by molar-refractivity contribution is 4.93. The molecular weight excluding hydrogens is 278 g/mol. The maximum Gasteiger partial charge on any atom is 0.248 e. The van der Waals surface area contributed by atoms with E-state index in [4.69, 9.17) is 4.74 Å². The van der Waals surface area contributed by atoms with Gasteiger partial charge in [0.15, 0.2) is 0 Å². The first-order valence-corrected chi connectivity index (χ1v) is 8.11. The van der Waals surface area contributed by atoms with E-state index in [-0.39, 0.29) is 31.0 Å². The minimum absolute atomic E-state index is 0.0583. The van der Waals surface area contributed by atoms with Crippen molar-refractivity contribution in [1.82, 2.24) is 10.2 Å². The average molecular weight is 306 g/mol. The molecule has 0 amide bonds. The lowest BCUT2D eigenvalue weighted by Gasteiger charge is -2.32. The molecule has 1 aliphatic carbocycles. The number of hydrogen-bond donors (Lipinski definition) is 2. The number of halogens is 2. The molecule has 0 aromatic carbocycles. The second-order valence-electron chi connectivity index (χ2n) is 6.25. The molecule has 0 radical (unpaired) electrons. The van der Waals surface area contributed by atoms with Gasteiger partial charge in [0.05, 0.1) is 24.9 Å². The van der Waals surface area contributed by atoms with Crippen LogP contribution in [-0.4, -0.2) is 66.5 Å². The van der Waals surface area contributed by atoms with Crippen molar-refractivity contribution in [3.8, 4) is 0 Å². The van der Waals surface area contributed by atoms with Crippen LogP contribution in [0.2, 0.25) is 0 Å². The zero-order valence-electron chi connectivity index (χ0n) is 13.0. The van der Waals surface area contributed by atoms with Gasteiger partial charge < -0.3 is 20.1 Å². The lowest BCUT2D eigenvalue weighted by atomic mass is 9.91. The third-order valence-electron chi connectivity index (χ3n) is 4.78. The fourth-order valence-corrected chi connectivity index (χ4v) is 3.24. The molecular formula is C15H28F2N2O2. The van der Waals surface area contributed by atoms with Gasteiger partial charge in [0.25, 0.3) is 0 Å². The van der Waals surface area contributed by atoms with Crippen LogP contribution in [0, 0.1) is 0 Å². The molecule has 0 spiro atoms. The summed E-state index contributed by atoms with van der Waals surface area (Å²) >= 11 is 0. The van der Waals surface area contributed by atoms with Crippen molar-refractivity contribution in [2.45, 2.75) is 69.7 Å². The minimum atomic E-state index is -2.51. The van der Waals surface area contributed by atoms with Gasteiger partial charge in [-0.1, -0.05) is 13.8 Å². The summed E-state index contributed by atoms with van der Waals surface area (Å²) in [4.78, 5) is 2.22. The first-order valence-electron chi connectivity index (χ1n) is 8.11. The number of rotatable bonds is 6. The van der Waals surface area contributed by atoms with E-state index in [1.165, 1.54) is 0 Å². The van der Waals surface area contributed by atoms with Crippen molar-refractivity contribution in [1.29, 1.82) is 0 Å². The molecule has 2 fully saturated rings. The number of nitrogens with zero attached hydrogens (tertiary/aromatic N) is 1. The number of nitrogens with one attached hydrogen (secondary N) is 1. The zero-order valence-corrected chi connectivity index (χ0v) is 13.0. The Morgan fingerprint density at radius 1 is 1.24 bits per heavy atom. The molecule has 1 saturated heterocycles. The number of ether oxygens (including phenoxy) is 1. The second-order valence-corrected chi connectivity index (χ2v) is 6.25. The molecule has 124 valence electrons. The molecule has 0 unspecified atom stereocenters. The zero-order chi connectivity index (χ0) is 15.5. The van der Waals surface area contributed by atoms with Crippen LogP contribution in [0.1, 0.15) is 39.5 Å². The quantitative estimate of drug-likeness (QED) is 0.783. The van der Waals surface area contributed by atoms with E-state index in [1.54, 1.807) is 0 Å². The number of aliphatic hydroxyl groups is 1. The van der Waals surface area contributed by atoms with Crippen LogP contribution >= 0.6 is 0 Å². The molecule has 1 aliphatic heterocycles. The number of alkyl halides is 2. The van der Waals surface area contributed by atoms with Crippen molar-refractivity contribution in [3.05, 3.63) is 0 Å². The highest BCUT2D eigenvalue weighted by atomic mass is 19.3. The number of aliphatic hydroxyl groups excluding tert-OH is 1. The fraction of sp³-hybridized carbons (Fsp3) is 1.00. The van der Waals surface area contributed by atoms with Crippen LogP contribution in [0.5, 0.6) is 0 Å². The molecule has 21 heavy (non-hydrogen) atoms. The topological polar surface area (TPSA) is 44.7 Å². The molecule has 4 nitrogen and oxygen atoms in total. The van der Waals surface area contributed by atoms with Crippen LogP contribution in [0.4, 0.5) is 8.78 Å². The first kappa shape index (κ1) is 17.1. The van der Waals surface area contributed by atoms with Crippen molar-refractivity contribution in [3.63, 3.8) is 0 Å². The Morgan fingerprint density at radius 2 is 1.86 bits per heavy atom. The van der Waals surface area contributed by atoms with E-state index in [1.807, 2.05) is 0 Å². The van der Waals surface area contributed by atoms with Crippen molar-refractivity contribution < 1.29 is 18.6 Å². The summed E-state index contributed by atoms with van der Waals surface area (Å²) in [6.45, 7) is 7.21. The van der Waals surface area contributed by atoms with Gasteiger partial charge in [0.1, 0.15) is 0 Å². The maximum atomic E-state index is 13.1. The van der Waals surface area contributed by atoms with E-state index in [9.17, 15) is 13.9 Å². The predicted octanol–water partition coefficient (Wildman–Crippen LogP) is 1.62. The Balaban J connectivity index is 1.78. The third-order valence-corrected chi connectivity index (χ3v) is 4.78. The van der Waals surface area contributed by atoms with E-state index in [0.29, 0.717) is 19.4 Å². The van der Waals surface area contributed by atoms with Crippen LogP contribution in [-0.2, 0) is 4.74 Å². The normalized spacial score (nSPS) is 33.7. The Hall–Kier alpha value is -0.300. The van der Waals surface area contributed by atoms with E-state index >= 15 is 0 Å². The monoisotopic (exact) mass is 306 g/mol. The molecule has 1 saturated carbocycles. The summed E-state index contributed by atoms with van der Waals surface area (Å²) < 4.78 is 32.0. The van der Waals surface area contributed by atoms with Crippen molar-refractivity contribution >= 4 is 0 Å². The van der Waals surface area contributed by atoms with Crippen LogP contribution < -0.4 is 5.32 Å². The summed E-state index contributed by atoms with van der Waals surface area (Å²) in [5.74, 6) is -2.51. The Kier molecular flexibility index (Phi) is 5.94. The summed E-state index contributed by atoms with van der Waals surface area (Å²) in [5, 5.41) is 13.7. The molecule has 2 N–H and O–H groups in total. The van der Waals surface area contributed by atoms with E-state index < -0.39 is 12.0 Å². The van der Waals surface area contributed by atoms with Gasteiger partial charge in [-0.3, -0.25) is 0 Å². The van der Waals surface area contributed by atoms with Gasteiger partial charge in [-0.25, -0.2) is 8.78 Å². The van der Waals surface area contributed by atoms with Gasteiger partial charge in [0, 0.05) is 25.4 Å². The molecule has 2 aliphatic rings. The highest BCUT2D eigenvalue weighted by Crippen LogP contribution is 2.33. The van der Waals surface area contributed by atoms with Crippen LogP contribution in [0.3, 0.4) is 0 Å². The highest BCUT2D eigenvalue weighted by Gasteiger charge is 2.40. The molecule has 0 aromatic rings. The average Bonchev–Trinajstić information content (AvgIpc) is 2.79. The molecule has 1 heterocycles.